The molecule has 0 saturated heterocycles. The van der Waals surface area contributed by atoms with Gasteiger partial charge in [0, 0.05) is 0 Å². The summed E-state index contributed by atoms with van der Waals surface area (Å²) in [4.78, 5) is 15.2. The van der Waals surface area contributed by atoms with Crippen LogP contribution in [0.2, 0.25) is 0 Å². The molecular formula is C20H17F6O2SSb. The van der Waals surface area contributed by atoms with E-state index in [-0.39, 0.29) is 5.12 Å². The van der Waals surface area contributed by atoms with Gasteiger partial charge in [0.1, 0.15) is 16.6 Å². The Hall–Kier alpha value is -2.12. The van der Waals surface area contributed by atoms with Crippen LogP contribution < -0.4 is 4.74 Å². The van der Waals surface area contributed by atoms with Crippen molar-refractivity contribution in [2.75, 3.05) is 7.11 Å². The molecule has 0 aliphatic heterocycles. The summed E-state index contributed by atoms with van der Waals surface area (Å²) >= 11 is -11.2. The van der Waals surface area contributed by atoms with Gasteiger partial charge in [-0.25, -0.2) is 4.79 Å². The van der Waals surface area contributed by atoms with Gasteiger partial charge in [0.2, 0.25) is 0 Å². The Morgan fingerprint density at radius 2 is 1.07 bits per heavy atom. The molecule has 0 radical (unpaired) electrons. The molecular weight excluding hydrogens is 540 g/mol. The first-order valence-corrected chi connectivity index (χ1v) is 15.3. The van der Waals surface area contributed by atoms with Crippen molar-refractivity contribution in [3.05, 3.63) is 90.5 Å². The van der Waals surface area contributed by atoms with Crippen molar-refractivity contribution in [2.45, 2.75) is 9.79 Å². The van der Waals surface area contributed by atoms with E-state index in [1.807, 2.05) is 84.9 Å². The maximum absolute atomic E-state index is 13.1. The molecule has 3 aromatic rings. The summed E-state index contributed by atoms with van der Waals surface area (Å²) in [5.74, 6) is 0.751. The van der Waals surface area contributed by atoms with Crippen molar-refractivity contribution in [3.63, 3.8) is 0 Å². The van der Waals surface area contributed by atoms with Crippen LogP contribution >= 0.6 is 0 Å². The number of benzene rings is 3. The molecule has 0 heterocycles. The Bertz CT molecular complexity index is 928. The van der Waals surface area contributed by atoms with E-state index in [4.69, 9.17) is 4.74 Å². The molecule has 0 amide bonds. The molecule has 0 spiro atoms. The predicted octanol–water partition coefficient (Wildman–Crippen LogP) is 6.71. The van der Waals surface area contributed by atoms with Gasteiger partial charge in [-0.05, 0) is 48.5 Å². The zero-order chi connectivity index (χ0) is 22.5. The van der Waals surface area contributed by atoms with E-state index in [2.05, 4.69) is 0 Å². The van der Waals surface area contributed by atoms with Gasteiger partial charge in [0.05, 0.1) is 12.7 Å². The van der Waals surface area contributed by atoms with Gasteiger partial charge in [-0.1, -0.05) is 36.4 Å². The number of methoxy groups -OCH3 is 1. The van der Waals surface area contributed by atoms with E-state index in [9.17, 15) is 21.7 Å². The molecule has 0 aliphatic carbocycles. The monoisotopic (exact) mass is 556 g/mol. The van der Waals surface area contributed by atoms with E-state index in [0.717, 1.165) is 15.5 Å². The van der Waals surface area contributed by atoms with Crippen molar-refractivity contribution >= 4 is 35.5 Å². The zero-order valence-corrected chi connectivity index (χ0v) is 18.9. The predicted molar refractivity (Wildman–Crippen MR) is 107 cm³/mol. The molecule has 0 bridgehead atoms. The summed E-state index contributed by atoms with van der Waals surface area (Å²) in [5.41, 5.74) is 0.696. The molecule has 0 atom stereocenters. The Balaban J connectivity index is 0.000000396. The molecule has 0 aliphatic rings. The molecule has 0 saturated carbocycles. The van der Waals surface area contributed by atoms with Crippen LogP contribution in [0.1, 0.15) is 10.4 Å². The Morgan fingerprint density at radius 3 is 1.40 bits per heavy atom. The third kappa shape index (κ3) is 9.13. The number of carbonyl (C=O) groups excluding carboxylic acids is 1. The van der Waals surface area contributed by atoms with Gasteiger partial charge < -0.3 is 4.74 Å². The number of rotatable bonds is 4. The number of halogens is 6. The fourth-order valence-electron chi connectivity index (χ4n) is 2.31. The van der Waals surface area contributed by atoms with Crippen molar-refractivity contribution in [1.82, 2.24) is 0 Å². The summed E-state index contributed by atoms with van der Waals surface area (Å²) in [6.45, 7) is 0. The van der Waals surface area contributed by atoms with Crippen LogP contribution in [0.15, 0.2) is 94.7 Å². The molecule has 2 nitrogen and oxygen atoms in total. The van der Waals surface area contributed by atoms with Crippen molar-refractivity contribution in [1.29, 1.82) is 0 Å². The second-order valence-electron chi connectivity index (χ2n) is 5.91. The molecule has 0 fully saturated rings. The van der Waals surface area contributed by atoms with E-state index < -0.39 is 30.4 Å². The first-order chi connectivity index (χ1) is 13.7. The molecule has 3 rings (SSSR count). The molecule has 3 aromatic carbocycles. The quantitative estimate of drug-likeness (QED) is 0.203. The van der Waals surface area contributed by atoms with Gasteiger partial charge in [-0.2, -0.15) is 0 Å². The van der Waals surface area contributed by atoms with E-state index in [1.54, 1.807) is 7.11 Å². The van der Waals surface area contributed by atoms with Crippen LogP contribution in [0.5, 0.6) is 5.75 Å². The standard InChI is InChI=1S/C20H17O2S.6FH.Sb/c1-22-17-14-12-16(13-15-17)20(21)23(18-8-4-2-5-9-18)19-10-6-3-7-11-19;;;;;;;/h2-15H,1H3;6*1H;/q+1;;;;;;;+5/p-6. The van der Waals surface area contributed by atoms with E-state index in [0.29, 0.717) is 5.56 Å². The van der Waals surface area contributed by atoms with Crippen LogP contribution in [-0.4, -0.2) is 31.7 Å². The van der Waals surface area contributed by atoms with Gasteiger partial charge >= 0.3 is 41.5 Å². The Kier molecular flexibility index (Phi) is 6.88. The Labute approximate surface area is 174 Å². The maximum atomic E-state index is 13.1. The van der Waals surface area contributed by atoms with Crippen molar-refractivity contribution in [3.8, 4) is 5.75 Å². The number of hydrogen-bond donors (Lipinski definition) is 0. The molecule has 0 N–H and O–H groups in total. The second-order valence-corrected chi connectivity index (χ2v) is 13.3. The average molecular weight is 557 g/mol. The normalized spacial score (nSPS) is 13.5. The van der Waals surface area contributed by atoms with Crippen LogP contribution in [0.25, 0.3) is 0 Å². The summed E-state index contributed by atoms with van der Waals surface area (Å²) in [6.07, 6.45) is 0. The summed E-state index contributed by atoms with van der Waals surface area (Å²) < 4.78 is 64.7. The number of carbonyl (C=O) groups is 1. The minimum atomic E-state index is -11.2. The van der Waals surface area contributed by atoms with E-state index in [1.165, 1.54) is 0 Å². The fraction of sp³-hybridized carbons (Fsp3) is 0.0500. The molecule has 0 unspecified atom stereocenters. The van der Waals surface area contributed by atoms with Crippen LogP contribution in [0.4, 0.5) is 16.9 Å². The first-order valence-electron chi connectivity index (χ1n) is 8.34. The van der Waals surface area contributed by atoms with Crippen LogP contribution in [0.3, 0.4) is 0 Å². The molecule has 162 valence electrons. The summed E-state index contributed by atoms with van der Waals surface area (Å²) in [6, 6.07) is 27.2. The Morgan fingerprint density at radius 1 is 0.700 bits per heavy atom. The number of hydrogen-bond acceptors (Lipinski definition) is 2. The fourth-order valence-corrected chi connectivity index (χ4v) is 4.24. The summed E-state index contributed by atoms with van der Waals surface area (Å²) in [5, 5.41) is 0.116. The first kappa shape index (κ1) is 24.2. The average Bonchev–Trinajstić information content (AvgIpc) is 2.67. The third-order valence-corrected chi connectivity index (χ3v) is 5.56. The minimum absolute atomic E-state index is 0.116. The van der Waals surface area contributed by atoms with Crippen molar-refractivity contribution in [2.24, 2.45) is 0 Å². The topological polar surface area (TPSA) is 26.3 Å². The third-order valence-electron chi connectivity index (χ3n) is 3.47. The summed E-state index contributed by atoms with van der Waals surface area (Å²) in [7, 11) is 0.985. The van der Waals surface area contributed by atoms with Gasteiger partial charge in [0.25, 0.3) is 0 Å². The van der Waals surface area contributed by atoms with Crippen molar-refractivity contribution < 1.29 is 26.4 Å². The molecule has 0 aromatic heterocycles. The molecule has 30 heavy (non-hydrogen) atoms. The van der Waals surface area contributed by atoms with Crippen LogP contribution in [0, 0.1) is 0 Å². The SMILES string of the molecule is COc1ccc(C(=O)[S+](c2ccccc2)c2ccccc2)cc1.[F][Sb-]([F])([F])([F])([F])[F]. The second kappa shape index (κ2) is 8.55. The van der Waals surface area contributed by atoms with Gasteiger partial charge in [0.15, 0.2) is 9.79 Å². The van der Waals surface area contributed by atoms with E-state index >= 15 is 0 Å². The van der Waals surface area contributed by atoms with Gasteiger partial charge in [-0.15, -0.1) is 0 Å². The van der Waals surface area contributed by atoms with Gasteiger partial charge in [-0.3, -0.25) is 0 Å². The molecule has 10 heteroatoms. The zero-order valence-electron chi connectivity index (χ0n) is 15.5. The number of ether oxygens (including phenoxy) is 1. The van der Waals surface area contributed by atoms with Crippen LogP contribution in [-0.2, 0) is 10.9 Å².